The highest BCUT2D eigenvalue weighted by Crippen LogP contribution is 2.10. The van der Waals surface area contributed by atoms with Crippen LogP contribution < -0.4 is 5.73 Å². The van der Waals surface area contributed by atoms with Crippen LogP contribution in [0.2, 0.25) is 0 Å². The molecular weight excluding hydrogens is 190 g/mol. The first kappa shape index (κ1) is 14.3. The van der Waals surface area contributed by atoms with Gasteiger partial charge in [0.2, 0.25) is 0 Å². The van der Waals surface area contributed by atoms with E-state index in [9.17, 15) is 0 Å². The fourth-order valence-corrected chi connectivity index (χ4v) is 1.86. The molecule has 1 unspecified atom stereocenters. The number of nitrogens with two attached hydrogens (primary N) is 1. The minimum Gasteiger partial charge on any atom is -0.328 e. The smallest absolute Gasteiger partial charge is 0.00104 e. The Bertz CT molecular complexity index is 104. The SMILES string of the molecule is CC(N)CCCCCCCCCCS. The van der Waals surface area contributed by atoms with Crippen LogP contribution >= 0.6 is 12.6 Å². The first-order valence-corrected chi connectivity index (χ1v) is 6.77. The summed E-state index contributed by atoms with van der Waals surface area (Å²) in [5.41, 5.74) is 5.68. The maximum atomic E-state index is 5.68. The molecule has 0 saturated carbocycles. The van der Waals surface area contributed by atoms with E-state index in [0.717, 1.165) is 5.75 Å². The Labute approximate surface area is 95.2 Å². The van der Waals surface area contributed by atoms with E-state index in [1.54, 1.807) is 0 Å². The van der Waals surface area contributed by atoms with Gasteiger partial charge in [0, 0.05) is 6.04 Å². The van der Waals surface area contributed by atoms with Gasteiger partial charge in [-0.05, 0) is 25.5 Å². The van der Waals surface area contributed by atoms with Crippen LogP contribution in [0.25, 0.3) is 0 Å². The molecule has 0 aliphatic carbocycles. The van der Waals surface area contributed by atoms with Gasteiger partial charge in [-0.15, -0.1) is 0 Å². The minimum atomic E-state index is 0.394. The maximum absolute atomic E-state index is 5.68. The third-order valence-electron chi connectivity index (χ3n) is 2.57. The van der Waals surface area contributed by atoms with Crippen LogP contribution in [0.1, 0.15) is 64.7 Å². The Morgan fingerprint density at radius 3 is 1.71 bits per heavy atom. The third-order valence-corrected chi connectivity index (χ3v) is 2.88. The van der Waals surface area contributed by atoms with Crippen molar-refractivity contribution >= 4 is 12.6 Å². The second-order valence-electron chi connectivity index (χ2n) is 4.32. The summed E-state index contributed by atoms with van der Waals surface area (Å²) >= 11 is 4.20. The molecule has 0 spiro atoms. The Kier molecular flexibility index (Phi) is 11.6. The maximum Gasteiger partial charge on any atom is 0.00104 e. The fraction of sp³-hybridized carbons (Fsp3) is 1.00. The van der Waals surface area contributed by atoms with Gasteiger partial charge in [-0.1, -0.05) is 44.9 Å². The molecule has 0 heterocycles. The standard InChI is InChI=1S/C12H27NS/c1-12(13)10-8-6-4-2-3-5-7-9-11-14/h12,14H,2-11,13H2,1H3. The highest BCUT2D eigenvalue weighted by molar-refractivity contribution is 7.80. The van der Waals surface area contributed by atoms with Crippen LogP contribution in [-0.4, -0.2) is 11.8 Å². The van der Waals surface area contributed by atoms with Crippen molar-refractivity contribution in [3.8, 4) is 0 Å². The molecule has 1 atom stereocenters. The summed E-state index contributed by atoms with van der Waals surface area (Å²) in [5.74, 6) is 1.05. The van der Waals surface area contributed by atoms with Gasteiger partial charge in [0.15, 0.2) is 0 Å². The van der Waals surface area contributed by atoms with Gasteiger partial charge in [0.05, 0.1) is 0 Å². The van der Waals surface area contributed by atoms with Crippen LogP contribution in [0, 0.1) is 0 Å². The van der Waals surface area contributed by atoms with Gasteiger partial charge >= 0.3 is 0 Å². The summed E-state index contributed by atoms with van der Waals surface area (Å²) < 4.78 is 0. The Balaban J connectivity index is 2.85. The summed E-state index contributed by atoms with van der Waals surface area (Å²) in [6.07, 6.45) is 12.1. The highest BCUT2D eigenvalue weighted by Gasteiger charge is 1.94. The molecule has 2 heteroatoms. The van der Waals surface area contributed by atoms with E-state index in [1.165, 1.54) is 57.8 Å². The zero-order valence-corrected chi connectivity index (χ0v) is 10.6. The van der Waals surface area contributed by atoms with Crippen molar-refractivity contribution in [3.63, 3.8) is 0 Å². The molecule has 0 bridgehead atoms. The van der Waals surface area contributed by atoms with Gasteiger partial charge in [-0.25, -0.2) is 0 Å². The van der Waals surface area contributed by atoms with Gasteiger partial charge in [0.1, 0.15) is 0 Å². The van der Waals surface area contributed by atoms with Crippen molar-refractivity contribution in [2.75, 3.05) is 5.75 Å². The van der Waals surface area contributed by atoms with Crippen LogP contribution in [0.3, 0.4) is 0 Å². The summed E-state index contributed by atoms with van der Waals surface area (Å²) in [5, 5.41) is 0. The van der Waals surface area contributed by atoms with Crippen molar-refractivity contribution in [3.05, 3.63) is 0 Å². The van der Waals surface area contributed by atoms with Crippen molar-refractivity contribution in [1.29, 1.82) is 0 Å². The predicted octanol–water partition coefficient (Wildman–Crippen LogP) is 3.77. The lowest BCUT2D eigenvalue weighted by Crippen LogP contribution is -2.13. The van der Waals surface area contributed by atoms with Crippen molar-refractivity contribution < 1.29 is 0 Å². The molecule has 0 aliphatic rings. The average Bonchev–Trinajstić information content (AvgIpc) is 2.15. The van der Waals surface area contributed by atoms with Crippen LogP contribution in [0.15, 0.2) is 0 Å². The summed E-state index contributed by atoms with van der Waals surface area (Å²) in [6.45, 7) is 2.09. The van der Waals surface area contributed by atoms with Crippen molar-refractivity contribution in [2.24, 2.45) is 5.73 Å². The molecule has 0 aromatic carbocycles. The predicted molar refractivity (Wildman–Crippen MR) is 69.1 cm³/mol. The van der Waals surface area contributed by atoms with Crippen LogP contribution in [-0.2, 0) is 0 Å². The molecule has 0 fully saturated rings. The number of thiol groups is 1. The molecule has 0 aliphatic heterocycles. The Morgan fingerprint density at radius 2 is 1.29 bits per heavy atom. The summed E-state index contributed by atoms with van der Waals surface area (Å²) in [7, 11) is 0. The number of unbranched alkanes of at least 4 members (excludes halogenated alkanes) is 7. The van der Waals surface area contributed by atoms with E-state index in [-0.39, 0.29) is 0 Å². The molecule has 0 aromatic heterocycles. The zero-order chi connectivity index (χ0) is 10.6. The molecule has 0 saturated heterocycles. The Hall–Kier alpha value is 0.310. The quantitative estimate of drug-likeness (QED) is 0.423. The molecule has 2 N–H and O–H groups in total. The molecule has 86 valence electrons. The highest BCUT2D eigenvalue weighted by atomic mass is 32.1. The zero-order valence-electron chi connectivity index (χ0n) is 9.67. The first-order valence-electron chi connectivity index (χ1n) is 6.14. The summed E-state index contributed by atoms with van der Waals surface area (Å²) in [4.78, 5) is 0. The molecule has 0 amide bonds. The van der Waals surface area contributed by atoms with E-state index in [0.29, 0.717) is 6.04 Å². The third kappa shape index (κ3) is 12.3. The second-order valence-corrected chi connectivity index (χ2v) is 4.77. The number of hydrogen-bond acceptors (Lipinski definition) is 2. The second kappa shape index (κ2) is 11.4. The summed E-state index contributed by atoms with van der Waals surface area (Å²) in [6, 6.07) is 0.394. The molecule has 0 rings (SSSR count). The largest absolute Gasteiger partial charge is 0.328 e. The number of hydrogen-bond donors (Lipinski definition) is 2. The normalized spacial score (nSPS) is 13.1. The topological polar surface area (TPSA) is 26.0 Å². The lowest BCUT2D eigenvalue weighted by molar-refractivity contribution is 0.542. The van der Waals surface area contributed by atoms with Gasteiger partial charge in [0.25, 0.3) is 0 Å². The lowest BCUT2D eigenvalue weighted by Gasteiger charge is -2.04. The van der Waals surface area contributed by atoms with E-state index in [4.69, 9.17) is 5.73 Å². The lowest BCUT2D eigenvalue weighted by atomic mass is 10.1. The molecule has 0 radical (unpaired) electrons. The van der Waals surface area contributed by atoms with Crippen LogP contribution in [0.5, 0.6) is 0 Å². The first-order chi connectivity index (χ1) is 6.77. The molecular formula is C12H27NS. The minimum absolute atomic E-state index is 0.394. The van der Waals surface area contributed by atoms with Crippen molar-refractivity contribution in [2.45, 2.75) is 70.8 Å². The van der Waals surface area contributed by atoms with Gasteiger partial charge < -0.3 is 5.73 Å². The fourth-order valence-electron chi connectivity index (χ4n) is 1.64. The van der Waals surface area contributed by atoms with Gasteiger partial charge in [-0.2, -0.15) is 12.6 Å². The van der Waals surface area contributed by atoms with E-state index >= 15 is 0 Å². The Morgan fingerprint density at radius 1 is 0.857 bits per heavy atom. The van der Waals surface area contributed by atoms with E-state index < -0.39 is 0 Å². The van der Waals surface area contributed by atoms with Crippen molar-refractivity contribution in [1.82, 2.24) is 0 Å². The van der Waals surface area contributed by atoms with E-state index in [2.05, 4.69) is 19.6 Å². The monoisotopic (exact) mass is 217 g/mol. The average molecular weight is 217 g/mol. The van der Waals surface area contributed by atoms with Gasteiger partial charge in [-0.3, -0.25) is 0 Å². The number of rotatable bonds is 10. The molecule has 14 heavy (non-hydrogen) atoms. The molecule has 0 aromatic rings. The van der Waals surface area contributed by atoms with E-state index in [1.807, 2.05) is 0 Å². The van der Waals surface area contributed by atoms with Crippen LogP contribution in [0.4, 0.5) is 0 Å². The molecule has 1 nitrogen and oxygen atoms in total.